The van der Waals surface area contributed by atoms with Gasteiger partial charge in [-0.15, -0.1) is 0 Å². The number of nitrogens with two attached hydrogens (primary N) is 1. The van der Waals surface area contributed by atoms with Crippen molar-refractivity contribution in [3.8, 4) is 5.75 Å². The molecule has 0 amide bonds. The van der Waals surface area contributed by atoms with Gasteiger partial charge in [0.1, 0.15) is 23.2 Å². The molecule has 0 aliphatic carbocycles. The Bertz CT molecular complexity index is 1120. The first-order chi connectivity index (χ1) is 16.5. The number of hydrogen-bond acceptors (Lipinski definition) is 11. The first-order valence-corrected chi connectivity index (χ1v) is 13.4. The van der Waals surface area contributed by atoms with Crippen LogP contribution in [0.5, 0.6) is 5.75 Å². The molecular weight excluding hydrogens is 499 g/mol. The Hall–Kier alpha value is -2.38. The highest BCUT2D eigenvalue weighted by Crippen LogP contribution is 2.47. The van der Waals surface area contributed by atoms with E-state index >= 15 is 0 Å². The number of nitrogens with one attached hydrogen (secondary N) is 1. The third-order valence-corrected chi connectivity index (χ3v) is 7.21. The highest BCUT2D eigenvalue weighted by atomic mass is 32.5. The Balaban J connectivity index is 1.76. The molecule has 3 rings (SSSR count). The monoisotopic (exact) mass is 528 g/mol. The zero-order valence-corrected chi connectivity index (χ0v) is 21.2. The Kier molecular flexibility index (Phi) is 9.00. The van der Waals surface area contributed by atoms with Crippen LogP contribution in [0, 0.1) is 0 Å². The molecule has 2 heterocycles. The summed E-state index contributed by atoms with van der Waals surface area (Å²) in [6.45, 7) is 0.791. The van der Waals surface area contributed by atoms with E-state index in [1.807, 2.05) is 6.07 Å². The van der Waals surface area contributed by atoms with Crippen molar-refractivity contribution in [2.24, 2.45) is 0 Å². The molecule has 1 aromatic carbocycles. The maximum absolute atomic E-state index is 12.4. The van der Waals surface area contributed by atoms with Crippen LogP contribution in [-0.2, 0) is 35.3 Å². The van der Waals surface area contributed by atoms with Crippen LogP contribution in [0.25, 0.3) is 0 Å². The molecule has 1 aromatic heterocycles. The molecule has 1 aliphatic rings. The molecule has 1 fully saturated rings. The summed E-state index contributed by atoms with van der Waals surface area (Å²) in [6.07, 6.45) is -0.103. The van der Waals surface area contributed by atoms with Crippen molar-refractivity contribution in [3.63, 3.8) is 0 Å². The maximum Gasteiger partial charge on any atom is 0.353 e. The molecule has 0 spiro atoms. The van der Waals surface area contributed by atoms with Crippen LogP contribution < -0.4 is 21.0 Å². The lowest BCUT2D eigenvalue weighted by Gasteiger charge is -2.31. The normalized spacial score (nSPS) is 22.5. The van der Waals surface area contributed by atoms with Gasteiger partial charge in [0.2, 0.25) is 6.41 Å². The molecule has 4 N–H and O–H groups in total. The number of aliphatic hydroxyl groups excluding tert-OH is 1. The minimum Gasteiger partial charge on any atom is -0.462 e. The van der Waals surface area contributed by atoms with Crippen LogP contribution in [-0.4, -0.2) is 58.2 Å². The lowest BCUT2D eigenvalue weighted by molar-refractivity contribution is -0.159. The van der Waals surface area contributed by atoms with Crippen molar-refractivity contribution in [3.05, 3.63) is 53.1 Å². The Morgan fingerprint density at radius 2 is 2.09 bits per heavy atom. The van der Waals surface area contributed by atoms with E-state index in [4.69, 9.17) is 40.8 Å². The van der Waals surface area contributed by atoms with E-state index in [0.717, 1.165) is 4.57 Å². The second-order valence-electron chi connectivity index (χ2n) is 8.13. The second-order valence-corrected chi connectivity index (χ2v) is 11.3. The van der Waals surface area contributed by atoms with Gasteiger partial charge in [-0.1, -0.05) is 18.2 Å². The van der Waals surface area contributed by atoms with E-state index in [2.05, 4.69) is 10.1 Å². The van der Waals surface area contributed by atoms with Gasteiger partial charge in [-0.05, 0) is 50.8 Å². The van der Waals surface area contributed by atoms with Gasteiger partial charge in [0.15, 0.2) is 0 Å². The van der Waals surface area contributed by atoms with E-state index in [0.29, 0.717) is 5.75 Å². The first-order valence-electron chi connectivity index (χ1n) is 10.8. The third-order valence-electron chi connectivity index (χ3n) is 4.73. The van der Waals surface area contributed by atoms with Gasteiger partial charge in [-0.3, -0.25) is 4.79 Å². The average Bonchev–Trinajstić information content (AvgIpc) is 3.23. The number of carbonyl (C=O) groups is 1. The molecule has 192 valence electrons. The smallest absolute Gasteiger partial charge is 0.353 e. The topological polar surface area (TPSA) is 156 Å². The number of benzene rings is 1. The molecule has 2 aromatic rings. The minimum absolute atomic E-state index is 0.0518. The Labute approximate surface area is 207 Å². The molecule has 1 saturated heterocycles. The summed E-state index contributed by atoms with van der Waals surface area (Å²) >= 11 is 5.67. The van der Waals surface area contributed by atoms with Gasteiger partial charge < -0.3 is 34.1 Å². The molecule has 0 radical (unpaired) electrons. The van der Waals surface area contributed by atoms with E-state index in [1.54, 1.807) is 45.0 Å². The van der Waals surface area contributed by atoms with Crippen molar-refractivity contribution >= 4 is 30.2 Å². The summed E-state index contributed by atoms with van der Waals surface area (Å²) in [4.78, 5) is 28.1. The number of ether oxygens (including phenoxy) is 3. The molecule has 0 bridgehead atoms. The molecular formula is C21H29N4O8PS. The largest absolute Gasteiger partial charge is 0.462 e. The summed E-state index contributed by atoms with van der Waals surface area (Å²) in [5.41, 5.74) is 3.48. The number of aromatic nitrogens is 2. The fourth-order valence-corrected chi connectivity index (χ4v) is 5.42. The Morgan fingerprint density at radius 3 is 2.71 bits per heavy atom. The van der Waals surface area contributed by atoms with Crippen molar-refractivity contribution in [1.29, 1.82) is 0 Å². The summed E-state index contributed by atoms with van der Waals surface area (Å²) in [6, 6.07) is 9.29. The highest BCUT2D eigenvalue weighted by Gasteiger charge is 2.44. The van der Waals surface area contributed by atoms with Crippen LogP contribution in [0.15, 0.2) is 47.4 Å². The second kappa shape index (κ2) is 11.6. The van der Waals surface area contributed by atoms with E-state index in [-0.39, 0.29) is 25.1 Å². The highest BCUT2D eigenvalue weighted by molar-refractivity contribution is 8.09. The number of esters is 1. The van der Waals surface area contributed by atoms with Crippen molar-refractivity contribution < 1.29 is 33.2 Å². The SMILES string of the molecule is CC(C)OC(=O)C(C)NP(=S)(OCC1(CO)COC(n2ccc(N)nc2=O)O1)Oc1ccccc1. The molecule has 14 heteroatoms. The van der Waals surface area contributed by atoms with Gasteiger partial charge in [0.25, 0.3) is 0 Å². The molecule has 12 nitrogen and oxygen atoms in total. The average molecular weight is 529 g/mol. The number of rotatable bonds is 11. The fraction of sp³-hybridized carbons (Fsp3) is 0.476. The molecule has 35 heavy (non-hydrogen) atoms. The van der Waals surface area contributed by atoms with Gasteiger partial charge in [-0.2, -0.15) is 4.98 Å². The van der Waals surface area contributed by atoms with Crippen LogP contribution >= 0.6 is 6.64 Å². The lowest BCUT2D eigenvalue weighted by atomic mass is 10.1. The maximum atomic E-state index is 12.4. The third kappa shape index (κ3) is 7.31. The quantitative estimate of drug-likeness (QED) is 0.284. The van der Waals surface area contributed by atoms with Crippen LogP contribution in [0.1, 0.15) is 27.2 Å². The number of para-hydroxylation sites is 1. The van der Waals surface area contributed by atoms with Crippen molar-refractivity contribution in [2.75, 3.05) is 25.6 Å². The standard InChI is InChI=1S/C21H29N4O8PS/c1-14(2)31-18(27)15(3)24-34(35,33-16-7-5-4-6-8-16)30-13-21(11-26)12-29-20(32-21)25-10-9-17(22)23-19(25)28/h4-10,14-15,20,26H,11-13H2,1-3H3,(H,24,35)(H2,22,23,28). The molecule has 0 saturated carbocycles. The van der Waals surface area contributed by atoms with Gasteiger partial charge in [0.05, 0.1) is 25.9 Å². The molecule has 4 atom stereocenters. The number of anilines is 1. The summed E-state index contributed by atoms with van der Waals surface area (Å²) in [7, 11) is 0. The fourth-order valence-electron chi connectivity index (χ4n) is 2.97. The van der Waals surface area contributed by atoms with Crippen molar-refractivity contribution in [2.45, 2.75) is 44.9 Å². The first kappa shape index (κ1) is 27.2. The Morgan fingerprint density at radius 1 is 1.37 bits per heavy atom. The summed E-state index contributed by atoms with van der Waals surface area (Å²) in [5, 5.41) is 13.0. The number of carbonyl (C=O) groups excluding carboxylic acids is 1. The number of aliphatic hydroxyl groups is 1. The van der Waals surface area contributed by atoms with E-state index < -0.39 is 43.0 Å². The van der Waals surface area contributed by atoms with Crippen LogP contribution in [0.4, 0.5) is 5.82 Å². The molecule has 4 unspecified atom stereocenters. The molecule has 1 aliphatic heterocycles. The van der Waals surface area contributed by atoms with E-state index in [1.165, 1.54) is 12.3 Å². The number of nitrogens with zero attached hydrogens (tertiary/aromatic N) is 2. The summed E-state index contributed by atoms with van der Waals surface area (Å²) < 4.78 is 29.7. The van der Waals surface area contributed by atoms with E-state index in [9.17, 15) is 14.7 Å². The van der Waals surface area contributed by atoms with Crippen LogP contribution in [0.2, 0.25) is 0 Å². The van der Waals surface area contributed by atoms with Gasteiger partial charge in [0, 0.05) is 6.20 Å². The number of hydrogen-bond donors (Lipinski definition) is 3. The predicted octanol–water partition coefficient (Wildman–Crippen LogP) is 1.31. The van der Waals surface area contributed by atoms with Crippen molar-refractivity contribution in [1.82, 2.24) is 14.6 Å². The predicted molar refractivity (Wildman–Crippen MR) is 130 cm³/mol. The minimum atomic E-state index is -3.37. The van der Waals surface area contributed by atoms with Crippen LogP contribution in [0.3, 0.4) is 0 Å². The number of nitrogen functional groups attached to an aromatic ring is 1. The van der Waals surface area contributed by atoms with Gasteiger partial charge >= 0.3 is 18.3 Å². The zero-order valence-electron chi connectivity index (χ0n) is 19.5. The summed E-state index contributed by atoms with van der Waals surface area (Å²) in [5.74, 6) is -0.0511. The lowest BCUT2D eigenvalue weighted by Crippen LogP contribution is -2.43. The van der Waals surface area contributed by atoms with Gasteiger partial charge in [-0.25, -0.2) is 14.4 Å². The zero-order chi connectivity index (χ0) is 25.6.